The van der Waals surface area contributed by atoms with Crippen LogP contribution in [-0.2, 0) is 11.2 Å². The SMILES string of the molecule is Cc1ccccc1OCC(=O)N1CCc2ccccc21. The van der Waals surface area contributed by atoms with Crippen LogP contribution in [0.3, 0.4) is 0 Å². The second-order valence-corrected chi connectivity index (χ2v) is 4.98. The molecular weight excluding hydrogens is 250 g/mol. The summed E-state index contributed by atoms with van der Waals surface area (Å²) in [5.41, 5.74) is 3.30. The molecule has 2 aromatic carbocycles. The summed E-state index contributed by atoms with van der Waals surface area (Å²) in [6.07, 6.45) is 0.923. The molecule has 0 spiro atoms. The van der Waals surface area contributed by atoms with Crippen molar-refractivity contribution in [1.82, 2.24) is 0 Å². The van der Waals surface area contributed by atoms with E-state index < -0.39 is 0 Å². The van der Waals surface area contributed by atoms with E-state index in [0.29, 0.717) is 0 Å². The first-order valence-corrected chi connectivity index (χ1v) is 6.82. The quantitative estimate of drug-likeness (QED) is 0.855. The smallest absolute Gasteiger partial charge is 0.264 e. The number of fused-ring (bicyclic) bond motifs is 1. The maximum Gasteiger partial charge on any atom is 0.264 e. The van der Waals surface area contributed by atoms with Gasteiger partial charge in [-0.2, -0.15) is 0 Å². The van der Waals surface area contributed by atoms with Gasteiger partial charge in [-0.1, -0.05) is 36.4 Å². The highest BCUT2D eigenvalue weighted by atomic mass is 16.5. The summed E-state index contributed by atoms with van der Waals surface area (Å²) in [4.78, 5) is 14.1. The third-order valence-electron chi connectivity index (χ3n) is 3.63. The van der Waals surface area contributed by atoms with Crippen LogP contribution in [-0.4, -0.2) is 19.1 Å². The fraction of sp³-hybridized carbons (Fsp3) is 0.235. The summed E-state index contributed by atoms with van der Waals surface area (Å²) in [5.74, 6) is 0.784. The number of hydrogen-bond donors (Lipinski definition) is 0. The van der Waals surface area contributed by atoms with Crippen molar-refractivity contribution in [3.63, 3.8) is 0 Å². The number of carbonyl (C=O) groups is 1. The number of amides is 1. The highest BCUT2D eigenvalue weighted by Crippen LogP contribution is 2.27. The second kappa shape index (κ2) is 5.37. The van der Waals surface area contributed by atoms with E-state index in [0.717, 1.165) is 30.0 Å². The molecule has 0 aliphatic carbocycles. The molecule has 0 N–H and O–H groups in total. The molecule has 1 amide bonds. The number of nitrogens with zero attached hydrogens (tertiary/aromatic N) is 1. The monoisotopic (exact) mass is 267 g/mol. The zero-order valence-electron chi connectivity index (χ0n) is 11.5. The molecule has 3 heteroatoms. The molecule has 0 saturated carbocycles. The van der Waals surface area contributed by atoms with Gasteiger partial charge in [0.15, 0.2) is 6.61 Å². The molecule has 1 aliphatic rings. The molecule has 0 aromatic heterocycles. The predicted octanol–water partition coefficient (Wildman–Crippen LogP) is 2.96. The Morgan fingerprint density at radius 2 is 1.90 bits per heavy atom. The first-order chi connectivity index (χ1) is 9.75. The summed E-state index contributed by atoms with van der Waals surface area (Å²) in [7, 11) is 0. The number of carbonyl (C=O) groups excluding carboxylic acids is 1. The fourth-order valence-electron chi connectivity index (χ4n) is 2.53. The molecule has 2 aromatic rings. The molecule has 20 heavy (non-hydrogen) atoms. The molecule has 1 heterocycles. The van der Waals surface area contributed by atoms with Gasteiger partial charge in [-0.05, 0) is 36.6 Å². The maximum absolute atomic E-state index is 12.3. The number of hydrogen-bond acceptors (Lipinski definition) is 2. The Morgan fingerprint density at radius 1 is 1.15 bits per heavy atom. The molecule has 3 rings (SSSR count). The van der Waals surface area contributed by atoms with Crippen LogP contribution < -0.4 is 9.64 Å². The predicted molar refractivity (Wildman–Crippen MR) is 79.2 cm³/mol. The van der Waals surface area contributed by atoms with Crippen molar-refractivity contribution < 1.29 is 9.53 Å². The number of aryl methyl sites for hydroxylation is 1. The second-order valence-electron chi connectivity index (χ2n) is 4.98. The minimum atomic E-state index is 0.0122. The van der Waals surface area contributed by atoms with Crippen LogP contribution in [0.15, 0.2) is 48.5 Å². The van der Waals surface area contributed by atoms with Crippen molar-refractivity contribution >= 4 is 11.6 Å². The zero-order valence-corrected chi connectivity index (χ0v) is 11.5. The molecule has 0 atom stereocenters. The van der Waals surface area contributed by atoms with Crippen molar-refractivity contribution in [1.29, 1.82) is 0 Å². The number of anilines is 1. The Hall–Kier alpha value is -2.29. The third kappa shape index (κ3) is 2.39. The molecule has 0 unspecified atom stereocenters. The molecule has 102 valence electrons. The van der Waals surface area contributed by atoms with Gasteiger partial charge >= 0.3 is 0 Å². The minimum absolute atomic E-state index is 0.0122. The molecular formula is C17H17NO2. The van der Waals surface area contributed by atoms with Crippen molar-refractivity contribution in [3.8, 4) is 5.75 Å². The lowest BCUT2D eigenvalue weighted by Gasteiger charge is -2.18. The van der Waals surface area contributed by atoms with Gasteiger partial charge in [0.05, 0.1) is 0 Å². The van der Waals surface area contributed by atoms with Gasteiger partial charge < -0.3 is 9.64 Å². The normalized spacial score (nSPS) is 13.2. The van der Waals surface area contributed by atoms with Gasteiger partial charge in [-0.25, -0.2) is 0 Å². The van der Waals surface area contributed by atoms with Crippen LogP contribution in [0.2, 0.25) is 0 Å². The van der Waals surface area contributed by atoms with Gasteiger partial charge in [-0.15, -0.1) is 0 Å². The Kier molecular flexibility index (Phi) is 3.42. The van der Waals surface area contributed by atoms with E-state index in [9.17, 15) is 4.79 Å². The largest absolute Gasteiger partial charge is 0.483 e. The topological polar surface area (TPSA) is 29.5 Å². The van der Waals surface area contributed by atoms with Crippen LogP contribution in [0.5, 0.6) is 5.75 Å². The number of ether oxygens (including phenoxy) is 1. The minimum Gasteiger partial charge on any atom is -0.483 e. The number of benzene rings is 2. The highest BCUT2D eigenvalue weighted by molar-refractivity contribution is 5.96. The third-order valence-corrected chi connectivity index (χ3v) is 3.63. The standard InChI is InChI=1S/C17H17NO2/c1-13-6-2-5-9-16(13)20-12-17(19)18-11-10-14-7-3-4-8-15(14)18/h2-9H,10-12H2,1H3. The summed E-state index contributed by atoms with van der Waals surface area (Å²) < 4.78 is 5.63. The van der Waals surface area contributed by atoms with Crippen molar-refractivity contribution in [2.45, 2.75) is 13.3 Å². The first-order valence-electron chi connectivity index (χ1n) is 6.82. The lowest BCUT2D eigenvalue weighted by Crippen LogP contribution is -2.33. The van der Waals surface area contributed by atoms with Gasteiger partial charge in [-0.3, -0.25) is 4.79 Å². The molecule has 1 aliphatic heterocycles. The lowest BCUT2D eigenvalue weighted by atomic mass is 10.2. The van der Waals surface area contributed by atoms with Gasteiger partial charge in [0.2, 0.25) is 0 Å². The van der Waals surface area contributed by atoms with E-state index in [1.807, 2.05) is 54.3 Å². The van der Waals surface area contributed by atoms with E-state index in [4.69, 9.17) is 4.74 Å². The van der Waals surface area contributed by atoms with E-state index in [1.54, 1.807) is 0 Å². The first kappa shape index (κ1) is 12.7. The fourth-order valence-corrected chi connectivity index (χ4v) is 2.53. The van der Waals surface area contributed by atoms with Crippen LogP contribution in [0.1, 0.15) is 11.1 Å². The lowest BCUT2D eigenvalue weighted by molar-refractivity contribution is -0.120. The summed E-state index contributed by atoms with van der Waals surface area (Å²) in [5, 5.41) is 0. The Morgan fingerprint density at radius 3 is 2.75 bits per heavy atom. The van der Waals surface area contributed by atoms with E-state index in [-0.39, 0.29) is 12.5 Å². The van der Waals surface area contributed by atoms with Gasteiger partial charge in [0.1, 0.15) is 5.75 Å². The van der Waals surface area contributed by atoms with Crippen LogP contribution in [0.4, 0.5) is 5.69 Å². The molecule has 0 bridgehead atoms. The maximum atomic E-state index is 12.3. The Bertz CT molecular complexity index is 636. The van der Waals surface area contributed by atoms with Crippen molar-refractivity contribution in [2.75, 3.05) is 18.1 Å². The average Bonchev–Trinajstić information content (AvgIpc) is 2.90. The van der Waals surface area contributed by atoms with Crippen LogP contribution in [0, 0.1) is 6.92 Å². The summed E-state index contributed by atoms with van der Waals surface area (Å²) >= 11 is 0. The highest BCUT2D eigenvalue weighted by Gasteiger charge is 2.24. The number of rotatable bonds is 3. The van der Waals surface area contributed by atoms with Crippen molar-refractivity contribution in [3.05, 3.63) is 59.7 Å². The summed E-state index contributed by atoms with van der Waals surface area (Å²) in [6.45, 7) is 2.81. The average molecular weight is 267 g/mol. The Labute approximate surface area is 118 Å². The van der Waals surface area contributed by atoms with E-state index in [1.165, 1.54) is 5.56 Å². The summed E-state index contributed by atoms with van der Waals surface area (Å²) in [6, 6.07) is 15.8. The number of para-hydroxylation sites is 2. The molecule has 0 radical (unpaired) electrons. The van der Waals surface area contributed by atoms with Gasteiger partial charge in [0, 0.05) is 12.2 Å². The van der Waals surface area contributed by atoms with E-state index >= 15 is 0 Å². The van der Waals surface area contributed by atoms with Crippen LogP contribution in [0.25, 0.3) is 0 Å². The van der Waals surface area contributed by atoms with Crippen molar-refractivity contribution in [2.24, 2.45) is 0 Å². The molecule has 0 saturated heterocycles. The zero-order chi connectivity index (χ0) is 13.9. The molecule has 3 nitrogen and oxygen atoms in total. The molecule has 0 fully saturated rings. The Balaban J connectivity index is 1.68. The van der Waals surface area contributed by atoms with Gasteiger partial charge in [0.25, 0.3) is 5.91 Å². The van der Waals surface area contributed by atoms with E-state index in [2.05, 4.69) is 6.07 Å². The van der Waals surface area contributed by atoms with Crippen LogP contribution >= 0.6 is 0 Å².